The van der Waals surface area contributed by atoms with Crippen LogP contribution < -0.4 is 5.32 Å². The van der Waals surface area contributed by atoms with Crippen molar-refractivity contribution in [1.82, 2.24) is 14.9 Å². The van der Waals surface area contributed by atoms with E-state index in [0.29, 0.717) is 0 Å². The number of carbonyl (C=O) groups is 1. The molecule has 1 aromatic heterocycles. The second-order valence-corrected chi connectivity index (χ2v) is 3.95. The molecule has 1 aliphatic heterocycles. The van der Waals surface area contributed by atoms with Crippen molar-refractivity contribution in [2.75, 3.05) is 18.9 Å². The van der Waals surface area contributed by atoms with Gasteiger partial charge in [0.15, 0.2) is 0 Å². The van der Waals surface area contributed by atoms with Crippen LogP contribution in [-0.4, -0.2) is 34.4 Å². The molecule has 1 aliphatic rings. The highest BCUT2D eigenvalue weighted by atomic mass is 16.2. The minimum absolute atomic E-state index is 0.0956. The maximum absolute atomic E-state index is 11.4. The number of anilines is 1. The van der Waals surface area contributed by atoms with Crippen molar-refractivity contribution in [3.8, 4) is 0 Å². The number of rotatable bonds is 2. The number of hydrogen-bond donors (Lipinski definition) is 1. The Labute approximate surface area is 94.9 Å². The van der Waals surface area contributed by atoms with E-state index < -0.39 is 0 Å². The molecule has 0 aliphatic carbocycles. The second kappa shape index (κ2) is 4.47. The van der Waals surface area contributed by atoms with Crippen molar-refractivity contribution in [3.63, 3.8) is 0 Å². The van der Waals surface area contributed by atoms with Crippen LogP contribution in [0.3, 0.4) is 0 Å². The molecule has 5 nitrogen and oxygen atoms in total. The number of carbonyl (C=O) groups excluding carboxylic acids is 1. The lowest BCUT2D eigenvalue weighted by Crippen LogP contribution is -2.28. The number of aromatic nitrogens is 2. The molecule has 1 amide bonds. The van der Waals surface area contributed by atoms with Crippen molar-refractivity contribution in [1.29, 1.82) is 0 Å². The van der Waals surface area contributed by atoms with Gasteiger partial charge in [-0.3, -0.25) is 9.78 Å². The minimum atomic E-state index is 0.0956. The van der Waals surface area contributed by atoms with Crippen LogP contribution in [-0.2, 0) is 4.79 Å². The third-order valence-electron chi connectivity index (χ3n) is 2.91. The standard InChI is InChI=1S/C11H16N4O/c1-8(16)15-5-3-4-10(15)9-6-13-7-11(12-2)14-9/h6-7,10H,3-5H2,1-2H3,(H,12,14)/t10-/m0/s1. The molecule has 2 heterocycles. The van der Waals surface area contributed by atoms with Gasteiger partial charge < -0.3 is 10.2 Å². The lowest BCUT2D eigenvalue weighted by atomic mass is 10.1. The molecule has 0 aromatic carbocycles. The molecule has 0 spiro atoms. The fourth-order valence-electron chi connectivity index (χ4n) is 2.11. The molecule has 2 rings (SSSR count). The monoisotopic (exact) mass is 220 g/mol. The quantitative estimate of drug-likeness (QED) is 0.813. The van der Waals surface area contributed by atoms with Crippen LogP contribution in [0.15, 0.2) is 12.4 Å². The zero-order valence-corrected chi connectivity index (χ0v) is 9.60. The van der Waals surface area contributed by atoms with E-state index in [9.17, 15) is 4.79 Å². The molecule has 0 bridgehead atoms. The summed E-state index contributed by atoms with van der Waals surface area (Å²) < 4.78 is 0. The van der Waals surface area contributed by atoms with Crippen molar-refractivity contribution in [2.24, 2.45) is 0 Å². The lowest BCUT2D eigenvalue weighted by molar-refractivity contribution is -0.129. The molecule has 1 atom stereocenters. The first-order valence-corrected chi connectivity index (χ1v) is 5.49. The molecule has 0 unspecified atom stereocenters. The first kappa shape index (κ1) is 10.9. The van der Waals surface area contributed by atoms with Gasteiger partial charge in [0.25, 0.3) is 0 Å². The zero-order valence-electron chi connectivity index (χ0n) is 9.60. The van der Waals surface area contributed by atoms with Crippen LogP contribution in [0.25, 0.3) is 0 Å². The Morgan fingerprint density at radius 3 is 3.06 bits per heavy atom. The SMILES string of the molecule is CNc1cncc([C@@H]2CCCN2C(C)=O)n1. The van der Waals surface area contributed by atoms with Gasteiger partial charge in [-0.05, 0) is 12.8 Å². The molecular weight excluding hydrogens is 204 g/mol. The van der Waals surface area contributed by atoms with Crippen molar-refractivity contribution >= 4 is 11.7 Å². The number of amides is 1. The molecule has 1 aromatic rings. The van der Waals surface area contributed by atoms with Gasteiger partial charge >= 0.3 is 0 Å². The number of nitrogens with one attached hydrogen (secondary N) is 1. The second-order valence-electron chi connectivity index (χ2n) is 3.95. The van der Waals surface area contributed by atoms with E-state index in [-0.39, 0.29) is 11.9 Å². The van der Waals surface area contributed by atoms with Gasteiger partial charge in [0.1, 0.15) is 5.82 Å². The van der Waals surface area contributed by atoms with Crippen LogP contribution >= 0.6 is 0 Å². The predicted molar refractivity (Wildman–Crippen MR) is 60.9 cm³/mol. The Balaban J connectivity index is 2.25. The first-order chi connectivity index (χ1) is 7.72. The Morgan fingerprint density at radius 2 is 2.38 bits per heavy atom. The maximum Gasteiger partial charge on any atom is 0.220 e. The van der Waals surface area contributed by atoms with E-state index >= 15 is 0 Å². The fourth-order valence-corrected chi connectivity index (χ4v) is 2.11. The van der Waals surface area contributed by atoms with Crippen LogP contribution in [0.2, 0.25) is 0 Å². The Kier molecular flexibility index (Phi) is 3.03. The molecule has 1 saturated heterocycles. The Bertz CT molecular complexity index is 393. The van der Waals surface area contributed by atoms with Gasteiger partial charge in [-0.1, -0.05) is 0 Å². The molecule has 5 heteroatoms. The van der Waals surface area contributed by atoms with Crippen molar-refractivity contribution in [2.45, 2.75) is 25.8 Å². The third kappa shape index (κ3) is 1.98. The summed E-state index contributed by atoms with van der Waals surface area (Å²) in [7, 11) is 1.81. The molecule has 1 N–H and O–H groups in total. The molecule has 0 radical (unpaired) electrons. The summed E-state index contributed by atoms with van der Waals surface area (Å²) >= 11 is 0. The summed E-state index contributed by atoms with van der Waals surface area (Å²) in [6.07, 6.45) is 5.43. The summed E-state index contributed by atoms with van der Waals surface area (Å²) in [4.78, 5) is 21.9. The zero-order chi connectivity index (χ0) is 11.5. The normalized spacial score (nSPS) is 19.9. The molecule has 86 valence electrons. The average Bonchev–Trinajstić information content (AvgIpc) is 2.78. The summed E-state index contributed by atoms with van der Waals surface area (Å²) in [5.74, 6) is 0.854. The highest BCUT2D eigenvalue weighted by Crippen LogP contribution is 2.30. The summed E-state index contributed by atoms with van der Waals surface area (Å²) in [6.45, 7) is 2.43. The van der Waals surface area contributed by atoms with E-state index in [0.717, 1.165) is 30.9 Å². The molecule has 16 heavy (non-hydrogen) atoms. The van der Waals surface area contributed by atoms with E-state index in [4.69, 9.17) is 0 Å². The molecule has 0 saturated carbocycles. The smallest absolute Gasteiger partial charge is 0.220 e. The average molecular weight is 220 g/mol. The summed E-state index contributed by atoms with van der Waals surface area (Å²) in [5.41, 5.74) is 0.875. The highest BCUT2D eigenvalue weighted by molar-refractivity contribution is 5.74. The van der Waals surface area contributed by atoms with Crippen LogP contribution in [0, 0.1) is 0 Å². The predicted octanol–water partition coefficient (Wildman–Crippen LogP) is 1.20. The topological polar surface area (TPSA) is 58.1 Å². The number of likely N-dealkylation sites (tertiary alicyclic amines) is 1. The van der Waals surface area contributed by atoms with Gasteiger partial charge in [0.2, 0.25) is 5.91 Å². The van der Waals surface area contributed by atoms with E-state index in [2.05, 4.69) is 15.3 Å². The molecule has 1 fully saturated rings. The van der Waals surface area contributed by atoms with Crippen molar-refractivity contribution in [3.05, 3.63) is 18.1 Å². The van der Waals surface area contributed by atoms with E-state index in [1.807, 2.05) is 11.9 Å². The Hall–Kier alpha value is -1.65. The maximum atomic E-state index is 11.4. The Morgan fingerprint density at radius 1 is 1.56 bits per heavy atom. The number of nitrogens with zero attached hydrogens (tertiary/aromatic N) is 3. The van der Waals surface area contributed by atoms with E-state index in [1.165, 1.54) is 0 Å². The van der Waals surface area contributed by atoms with E-state index in [1.54, 1.807) is 19.3 Å². The highest BCUT2D eigenvalue weighted by Gasteiger charge is 2.29. The fraction of sp³-hybridized carbons (Fsp3) is 0.545. The van der Waals surface area contributed by atoms with Gasteiger partial charge in [0.05, 0.1) is 24.1 Å². The van der Waals surface area contributed by atoms with Gasteiger partial charge in [-0.25, -0.2) is 4.98 Å². The van der Waals surface area contributed by atoms with Gasteiger partial charge in [-0.15, -0.1) is 0 Å². The van der Waals surface area contributed by atoms with Gasteiger partial charge in [-0.2, -0.15) is 0 Å². The largest absolute Gasteiger partial charge is 0.372 e. The minimum Gasteiger partial charge on any atom is -0.372 e. The number of hydrogen-bond acceptors (Lipinski definition) is 4. The third-order valence-corrected chi connectivity index (χ3v) is 2.91. The van der Waals surface area contributed by atoms with Crippen LogP contribution in [0.5, 0.6) is 0 Å². The lowest BCUT2D eigenvalue weighted by Gasteiger charge is -2.22. The first-order valence-electron chi connectivity index (χ1n) is 5.49. The van der Waals surface area contributed by atoms with Crippen molar-refractivity contribution < 1.29 is 4.79 Å². The van der Waals surface area contributed by atoms with Crippen LogP contribution in [0.1, 0.15) is 31.5 Å². The summed E-state index contributed by atoms with van der Waals surface area (Å²) in [5, 5.41) is 2.96. The summed E-state index contributed by atoms with van der Waals surface area (Å²) in [6, 6.07) is 0.0956. The van der Waals surface area contributed by atoms with Crippen LogP contribution in [0.4, 0.5) is 5.82 Å². The molecular formula is C11H16N4O. The van der Waals surface area contributed by atoms with Gasteiger partial charge in [0, 0.05) is 20.5 Å².